The summed E-state index contributed by atoms with van der Waals surface area (Å²) < 4.78 is 0. The Morgan fingerprint density at radius 3 is 2.48 bits per heavy atom. The van der Waals surface area contributed by atoms with Gasteiger partial charge >= 0.3 is 0 Å². The van der Waals surface area contributed by atoms with Crippen molar-refractivity contribution in [2.45, 2.75) is 6.54 Å². The second kappa shape index (κ2) is 8.19. The standard InChI is InChI=1S/C22H20ClN3O3/c23-18-8-9-20(21(14-18)26(28)29)22(27)25-12-10-24(11-13-25)15-17-6-3-5-16-4-1-2-7-19(16)17/h1-9,14H,10-13,15H2. The summed E-state index contributed by atoms with van der Waals surface area (Å²) in [5.74, 6) is -0.321. The minimum Gasteiger partial charge on any atom is -0.336 e. The minimum atomic E-state index is -0.560. The van der Waals surface area contributed by atoms with Crippen LogP contribution in [-0.4, -0.2) is 46.8 Å². The van der Waals surface area contributed by atoms with Crippen LogP contribution in [0.4, 0.5) is 5.69 Å². The number of amides is 1. The van der Waals surface area contributed by atoms with E-state index in [9.17, 15) is 14.9 Å². The van der Waals surface area contributed by atoms with E-state index in [1.165, 1.54) is 34.5 Å². The Kier molecular flexibility index (Phi) is 5.47. The molecule has 1 aliphatic heterocycles. The largest absolute Gasteiger partial charge is 0.336 e. The number of hydrogen-bond acceptors (Lipinski definition) is 4. The molecule has 0 N–H and O–H groups in total. The van der Waals surface area contributed by atoms with Crippen LogP contribution in [0.1, 0.15) is 15.9 Å². The number of rotatable bonds is 4. The third-order valence-corrected chi connectivity index (χ3v) is 5.56. The molecule has 1 heterocycles. The van der Waals surface area contributed by atoms with Crippen molar-refractivity contribution in [3.8, 4) is 0 Å². The zero-order valence-electron chi connectivity index (χ0n) is 15.8. The van der Waals surface area contributed by atoms with Crippen LogP contribution in [0.5, 0.6) is 0 Å². The number of nitro groups is 1. The topological polar surface area (TPSA) is 66.7 Å². The molecular formula is C22H20ClN3O3. The van der Waals surface area contributed by atoms with E-state index in [1.54, 1.807) is 4.90 Å². The van der Waals surface area contributed by atoms with Crippen LogP contribution in [0.2, 0.25) is 5.02 Å². The molecule has 0 unspecified atom stereocenters. The number of hydrogen-bond donors (Lipinski definition) is 0. The molecule has 0 saturated carbocycles. The number of nitro benzene ring substituents is 1. The van der Waals surface area contributed by atoms with Crippen LogP contribution in [-0.2, 0) is 6.54 Å². The molecule has 7 heteroatoms. The molecule has 1 aliphatic rings. The fourth-order valence-electron chi connectivity index (χ4n) is 3.79. The first-order valence-corrected chi connectivity index (χ1v) is 9.83. The van der Waals surface area contributed by atoms with E-state index in [2.05, 4.69) is 35.2 Å². The van der Waals surface area contributed by atoms with Crippen molar-refractivity contribution in [1.82, 2.24) is 9.80 Å². The molecule has 3 aromatic carbocycles. The molecule has 0 aliphatic carbocycles. The van der Waals surface area contributed by atoms with Crippen molar-refractivity contribution < 1.29 is 9.72 Å². The average molecular weight is 410 g/mol. The number of benzene rings is 3. The van der Waals surface area contributed by atoms with Crippen molar-refractivity contribution >= 4 is 34.0 Å². The molecule has 0 bridgehead atoms. The third kappa shape index (κ3) is 4.09. The van der Waals surface area contributed by atoms with E-state index >= 15 is 0 Å². The summed E-state index contributed by atoms with van der Waals surface area (Å²) in [5, 5.41) is 14.0. The Hall–Kier alpha value is -2.96. The van der Waals surface area contributed by atoms with Gasteiger partial charge in [-0.3, -0.25) is 19.8 Å². The summed E-state index contributed by atoms with van der Waals surface area (Å²) in [6, 6.07) is 18.8. The summed E-state index contributed by atoms with van der Waals surface area (Å²) in [6.45, 7) is 3.31. The molecule has 1 fully saturated rings. The van der Waals surface area contributed by atoms with Gasteiger partial charge in [-0.05, 0) is 28.5 Å². The summed E-state index contributed by atoms with van der Waals surface area (Å²) in [5.41, 5.74) is 1.10. The Balaban J connectivity index is 1.45. The predicted octanol–water partition coefficient (Wildman–Crippen LogP) is 4.36. The highest BCUT2D eigenvalue weighted by molar-refractivity contribution is 6.31. The highest BCUT2D eigenvalue weighted by Gasteiger charge is 2.27. The molecule has 0 atom stereocenters. The minimum absolute atomic E-state index is 0.0851. The van der Waals surface area contributed by atoms with Gasteiger partial charge in [0.25, 0.3) is 11.6 Å². The molecule has 29 heavy (non-hydrogen) atoms. The lowest BCUT2D eigenvalue weighted by atomic mass is 10.0. The zero-order valence-corrected chi connectivity index (χ0v) is 16.5. The van der Waals surface area contributed by atoms with E-state index in [1.807, 2.05) is 12.1 Å². The van der Waals surface area contributed by atoms with Crippen LogP contribution >= 0.6 is 11.6 Å². The Morgan fingerprint density at radius 1 is 1.00 bits per heavy atom. The SMILES string of the molecule is O=C(c1ccc(Cl)cc1[N+](=O)[O-])N1CCN(Cc2cccc3ccccc23)CC1. The monoisotopic (exact) mass is 409 g/mol. The lowest BCUT2D eigenvalue weighted by molar-refractivity contribution is -0.385. The van der Waals surface area contributed by atoms with Gasteiger partial charge in [0.1, 0.15) is 5.56 Å². The lowest BCUT2D eigenvalue weighted by Gasteiger charge is -2.35. The van der Waals surface area contributed by atoms with Crippen LogP contribution < -0.4 is 0 Å². The number of nitrogens with zero attached hydrogens (tertiary/aromatic N) is 3. The van der Waals surface area contributed by atoms with E-state index in [4.69, 9.17) is 11.6 Å². The fraction of sp³-hybridized carbons (Fsp3) is 0.227. The van der Waals surface area contributed by atoms with Gasteiger partial charge in [-0.1, -0.05) is 54.1 Å². The van der Waals surface area contributed by atoms with Crippen LogP contribution in [0.15, 0.2) is 60.7 Å². The third-order valence-electron chi connectivity index (χ3n) is 5.32. The Bertz CT molecular complexity index is 1070. The van der Waals surface area contributed by atoms with Crippen molar-refractivity contribution in [1.29, 1.82) is 0 Å². The summed E-state index contributed by atoms with van der Waals surface area (Å²) in [6.07, 6.45) is 0. The van der Waals surface area contributed by atoms with Crippen molar-refractivity contribution in [3.05, 3.63) is 86.9 Å². The smallest absolute Gasteiger partial charge is 0.283 e. The Labute approximate surface area is 173 Å². The van der Waals surface area contributed by atoms with E-state index < -0.39 is 4.92 Å². The van der Waals surface area contributed by atoms with Gasteiger partial charge in [-0.2, -0.15) is 0 Å². The molecule has 3 aromatic rings. The van der Waals surface area contributed by atoms with E-state index in [-0.39, 0.29) is 22.2 Å². The first kappa shape index (κ1) is 19.4. The van der Waals surface area contributed by atoms with Crippen LogP contribution in [0.3, 0.4) is 0 Å². The van der Waals surface area contributed by atoms with Crippen molar-refractivity contribution in [3.63, 3.8) is 0 Å². The van der Waals surface area contributed by atoms with Crippen molar-refractivity contribution in [2.24, 2.45) is 0 Å². The number of fused-ring (bicyclic) bond motifs is 1. The first-order chi connectivity index (χ1) is 14.0. The summed E-state index contributed by atoms with van der Waals surface area (Å²) >= 11 is 5.85. The number of piperazine rings is 1. The van der Waals surface area contributed by atoms with Crippen LogP contribution in [0, 0.1) is 10.1 Å². The van der Waals surface area contributed by atoms with Gasteiger partial charge in [-0.25, -0.2) is 0 Å². The maximum atomic E-state index is 12.8. The Morgan fingerprint density at radius 2 is 1.72 bits per heavy atom. The maximum absolute atomic E-state index is 12.8. The van der Waals surface area contributed by atoms with Gasteiger partial charge < -0.3 is 4.90 Å². The van der Waals surface area contributed by atoms with Gasteiger partial charge in [0, 0.05) is 43.8 Å². The molecule has 0 aromatic heterocycles. The lowest BCUT2D eigenvalue weighted by Crippen LogP contribution is -2.48. The highest BCUT2D eigenvalue weighted by atomic mass is 35.5. The molecule has 148 valence electrons. The van der Waals surface area contributed by atoms with Gasteiger partial charge in [0.2, 0.25) is 0 Å². The molecule has 0 radical (unpaired) electrons. The summed E-state index contributed by atoms with van der Waals surface area (Å²) in [4.78, 5) is 27.6. The number of carbonyl (C=O) groups excluding carboxylic acids is 1. The van der Waals surface area contributed by atoms with Gasteiger partial charge in [0.05, 0.1) is 4.92 Å². The highest BCUT2D eigenvalue weighted by Crippen LogP contribution is 2.25. The molecule has 4 rings (SSSR count). The first-order valence-electron chi connectivity index (χ1n) is 9.45. The van der Waals surface area contributed by atoms with E-state index in [0.29, 0.717) is 13.1 Å². The molecule has 6 nitrogen and oxygen atoms in total. The molecule has 1 saturated heterocycles. The fourth-order valence-corrected chi connectivity index (χ4v) is 3.95. The number of carbonyl (C=O) groups is 1. The molecule has 1 amide bonds. The zero-order chi connectivity index (χ0) is 20.4. The average Bonchev–Trinajstić information content (AvgIpc) is 2.74. The molecule has 0 spiro atoms. The second-order valence-electron chi connectivity index (χ2n) is 7.13. The second-order valence-corrected chi connectivity index (χ2v) is 7.56. The maximum Gasteiger partial charge on any atom is 0.283 e. The summed E-state index contributed by atoms with van der Waals surface area (Å²) in [7, 11) is 0. The van der Waals surface area contributed by atoms with Crippen LogP contribution in [0.25, 0.3) is 10.8 Å². The van der Waals surface area contributed by atoms with Gasteiger partial charge in [-0.15, -0.1) is 0 Å². The number of halogens is 1. The van der Waals surface area contributed by atoms with Gasteiger partial charge in [0.15, 0.2) is 0 Å². The predicted molar refractivity (Wildman–Crippen MR) is 113 cm³/mol. The van der Waals surface area contributed by atoms with Crippen molar-refractivity contribution in [2.75, 3.05) is 26.2 Å². The normalized spacial score (nSPS) is 14.9. The molecular weight excluding hydrogens is 390 g/mol. The van der Waals surface area contributed by atoms with E-state index in [0.717, 1.165) is 19.6 Å². The quantitative estimate of drug-likeness (QED) is 0.474.